The average Bonchev–Trinajstić information content (AvgIpc) is 3.34. The molecular weight excluding hydrogens is 465 g/mol. The first-order valence-electron chi connectivity index (χ1n) is 10.2. The van der Waals surface area contributed by atoms with Crippen LogP contribution in [0, 0.1) is 6.92 Å². The van der Waals surface area contributed by atoms with Crippen molar-refractivity contribution in [2.75, 3.05) is 19.5 Å². The van der Waals surface area contributed by atoms with Crippen LogP contribution in [0.5, 0.6) is 5.88 Å². The minimum absolute atomic E-state index is 0.0249. The molecule has 3 aromatic heterocycles. The van der Waals surface area contributed by atoms with Gasteiger partial charge in [0, 0.05) is 35.4 Å². The van der Waals surface area contributed by atoms with Crippen LogP contribution in [-0.2, 0) is 10.9 Å². The van der Waals surface area contributed by atoms with Crippen LogP contribution in [0.15, 0.2) is 55.0 Å². The van der Waals surface area contributed by atoms with E-state index in [1.165, 1.54) is 32.7 Å². The van der Waals surface area contributed by atoms with Gasteiger partial charge in [-0.15, -0.1) is 0 Å². The number of alkyl halides is 3. The van der Waals surface area contributed by atoms with Crippen molar-refractivity contribution in [2.45, 2.75) is 13.1 Å². The fourth-order valence-electron chi connectivity index (χ4n) is 3.27. The van der Waals surface area contributed by atoms with Gasteiger partial charge >= 0.3 is 12.1 Å². The molecule has 9 nitrogen and oxygen atoms in total. The molecule has 0 saturated heterocycles. The number of pyridine rings is 1. The van der Waals surface area contributed by atoms with E-state index in [0.717, 1.165) is 22.5 Å². The Morgan fingerprint density at radius 3 is 2.54 bits per heavy atom. The minimum Gasteiger partial charge on any atom is -0.480 e. The van der Waals surface area contributed by atoms with Gasteiger partial charge in [0.1, 0.15) is 5.56 Å². The maximum Gasteiger partial charge on any atom is 0.435 e. The van der Waals surface area contributed by atoms with Crippen LogP contribution in [-0.4, -0.2) is 44.9 Å². The lowest BCUT2D eigenvalue weighted by molar-refractivity contribution is -0.141. The Kier molecular flexibility index (Phi) is 6.36. The second-order valence-corrected chi connectivity index (χ2v) is 7.34. The number of anilines is 2. The maximum absolute atomic E-state index is 13.2. The largest absolute Gasteiger partial charge is 0.480 e. The normalized spacial score (nSPS) is 11.3. The van der Waals surface area contributed by atoms with Crippen molar-refractivity contribution >= 4 is 17.6 Å². The van der Waals surface area contributed by atoms with Crippen LogP contribution in [0.3, 0.4) is 0 Å². The molecule has 4 rings (SSSR count). The highest BCUT2D eigenvalue weighted by Gasteiger charge is 2.34. The van der Waals surface area contributed by atoms with Gasteiger partial charge in [0.05, 0.1) is 14.2 Å². The molecule has 1 aromatic carbocycles. The van der Waals surface area contributed by atoms with Gasteiger partial charge in [0.2, 0.25) is 11.8 Å². The molecule has 1 N–H and O–H groups in total. The summed E-state index contributed by atoms with van der Waals surface area (Å²) in [5, 5.41) is 6.68. The molecule has 0 aliphatic rings. The molecule has 0 radical (unpaired) electrons. The Balaban J connectivity index is 1.85. The number of benzene rings is 1. The van der Waals surface area contributed by atoms with Gasteiger partial charge in [0.15, 0.2) is 11.5 Å². The molecule has 0 spiro atoms. The summed E-state index contributed by atoms with van der Waals surface area (Å²) in [4.78, 5) is 25.0. The SMILES string of the molecule is COC(=O)c1cc(-c2cnc(Nc3cccc(C)c3)nc2-n2ccc(C(F)(F)F)n2)cnc1OC. The van der Waals surface area contributed by atoms with Crippen molar-refractivity contribution in [3.63, 3.8) is 0 Å². The van der Waals surface area contributed by atoms with Crippen molar-refractivity contribution in [2.24, 2.45) is 0 Å². The summed E-state index contributed by atoms with van der Waals surface area (Å²) in [5.41, 5.74) is 1.24. The van der Waals surface area contributed by atoms with Crippen LogP contribution in [0.25, 0.3) is 16.9 Å². The molecule has 0 bridgehead atoms. The van der Waals surface area contributed by atoms with Gasteiger partial charge in [-0.3, -0.25) is 0 Å². The lowest BCUT2D eigenvalue weighted by atomic mass is 10.1. The first-order valence-corrected chi connectivity index (χ1v) is 10.2. The number of carbonyl (C=O) groups is 1. The van der Waals surface area contributed by atoms with E-state index in [9.17, 15) is 18.0 Å². The second kappa shape index (κ2) is 9.41. The third-order valence-electron chi connectivity index (χ3n) is 4.90. The van der Waals surface area contributed by atoms with E-state index in [-0.39, 0.29) is 28.8 Å². The summed E-state index contributed by atoms with van der Waals surface area (Å²) in [6.07, 6.45) is -0.709. The molecule has 0 aliphatic carbocycles. The number of methoxy groups -OCH3 is 2. The third kappa shape index (κ3) is 5.05. The van der Waals surface area contributed by atoms with Gasteiger partial charge in [0.25, 0.3) is 0 Å². The van der Waals surface area contributed by atoms with E-state index < -0.39 is 17.8 Å². The van der Waals surface area contributed by atoms with Gasteiger partial charge in [-0.1, -0.05) is 12.1 Å². The standard InChI is InChI=1S/C23H19F3N6O3/c1-13-5-4-6-15(9-13)29-22-28-12-17(14-10-16(21(33)35-3)20(34-2)27-11-14)19(30-22)32-8-7-18(31-32)23(24,25)26/h4-12H,1-3H3,(H,28,29,30). The monoisotopic (exact) mass is 484 g/mol. The number of nitrogens with one attached hydrogen (secondary N) is 1. The number of carbonyl (C=O) groups excluding carboxylic acids is 1. The van der Waals surface area contributed by atoms with Gasteiger partial charge < -0.3 is 14.8 Å². The number of esters is 1. The highest BCUT2D eigenvalue weighted by atomic mass is 19.4. The number of aromatic nitrogens is 5. The zero-order valence-electron chi connectivity index (χ0n) is 18.8. The zero-order valence-corrected chi connectivity index (χ0v) is 18.8. The van der Waals surface area contributed by atoms with Crippen molar-refractivity contribution in [3.8, 4) is 22.8 Å². The average molecular weight is 484 g/mol. The highest BCUT2D eigenvalue weighted by molar-refractivity contribution is 5.93. The molecule has 0 unspecified atom stereocenters. The van der Waals surface area contributed by atoms with Crippen molar-refractivity contribution < 1.29 is 27.4 Å². The van der Waals surface area contributed by atoms with Crippen molar-refractivity contribution in [1.82, 2.24) is 24.7 Å². The quantitative estimate of drug-likeness (QED) is 0.397. The molecule has 0 amide bonds. The maximum atomic E-state index is 13.2. The third-order valence-corrected chi connectivity index (χ3v) is 4.90. The molecule has 3 heterocycles. The molecule has 4 aromatic rings. The Hall–Kier alpha value is -4.48. The predicted molar refractivity (Wildman–Crippen MR) is 120 cm³/mol. The summed E-state index contributed by atoms with van der Waals surface area (Å²) in [6, 6.07) is 9.69. The molecule has 0 aliphatic heterocycles. The van der Waals surface area contributed by atoms with Gasteiger partial charge in [-0.2, -0.15) is 23.3 Å². The number of ether oxygens (including phenoxy) is 2. The molecular formula is C23H19F3N6O3. The van der Waals surface area contributed by atoms with E-state index in [1.54, 1.807) is 6.07 Å². The van der Waals surface area contributed by atoms with Gasteiger partial charge in [-0.05, 0) is 36.8 Å². The first kappa shape index (κ1) is 23.7. The van der Waals surface area contributed by atoms with Crippen LogP contribution < -0.4 is 10.1 Å². The second-order valence-electron chi connectivity index (χ2n) is 7.34. The Morgan fingerprint density at radius 2 is 1.89 bits per heavy atom. The number of rotatable bonds is 6. The molecule has 0 atom stereocenters. The zero-order chi connectivity index (χ0) is 25.2. The number of halogens is 3. The summed E-state index contributed by atoms with van der Waals surface area (Å²) in [6.45, 7) is 1.92. The number of aryl methyl sites for hydroxylation is 1. The Labute approximate surface area is 197 Å². The molecule has 180 valence electrons. The van der Waals surface area contributed by atoms with E-state index in [1.807, 2.05) is 25.1 Å². The highest BCUT2D eigenvalue weighted by Crippen LogP contribution is 2.32. The summed E-state index contributed by atoms with van der Waals surface area (Å²) < 4.78 is 50.5. The van der Waals surface area contributed by atoms with E-state index >= 15 is 0 Å². The lowest BCUT2D eigenvalue weighted by Gasteiger charge is -2.13. The van der Waals surface area contributed by atoms with E-state index in [2.05, 4.69) is 25.4 Å². The fourth-order valence-corrected chi connectivity index (χ4v) is 3.27. The van der Waals surface area contributed by atoms with E-state index in [4.69, 9.17) is 9.47 Å². The number of nitrogens with zero attached hydrogens (tertiary/aromatic N) is 5. The van der Waals surface area contributed by atoms with Crippen LogP contribution in [0.4, 0.5) is 24.8 Å². The van der Waals surface area contributed by atoms with Crippen molar-refractivity contribution in [3.05, 3.63) is 71.8 Å². The fraction of sp³-hybridized carbons (Fsp3) is 0.174. The van der Waals surface area contributed by atoms with Crippen LogP contribution in [0.1, 0.15) is 21.6 Å². The molecule has 0 fully saturated rings. The predicted octanol–water partition coefficient (Wildman–Crippen LogP) is 4.59. The number of hydrogen-bond donors (Lipinski definition) is 1. The summed E-state index contributed by atoms with van der Waals surface area (Å²) >= 11 is 0. The molecule has 35 heavy (non-hydrogen) atoms. The van der Waals surface area contributed by atoms with E-state index in [0.29, 0.717) is 11.3 Å². The summed E-state index contributed by atoms with van der Waals surface area (Å²) in [7, 11) is 2.55. The molecule has 0 saturated carbocycles. The lowest BCUT2D eigenvalue weighted by Crippen LogP contribution is -2.10. The molecule has 12 heteroatoms. The number of hydrogen-bond acceptors (Lipinski definition) is 8. The summed E-state index contributed by atoms with van der Waals surface area (Å²) in [5.74, 6) is -0.504. The topological polar surface area (TPSA) is 104 Å². The van der Waals surface area contributed by atoms with Crippen LogP contribution in [0.2, 0.25) is 0 Å². The van der Waals surface area contributed by atoms with Crippen molar-refractivity contribution in [1.29, 1.82) is 0 Å². The smallest absolute Gasteiger partial charge is 0.435 e. The Bertz CT molecular complexity index is 1390. The van der Waals surface area contributed by atoms with Gasteiger partial charge in [-0.25, -0.2) is 19.4 Å². The first-order chi connectivity index (χ1) is 16.7. The van der Waals surface area contributed by atoms with Crippen LogP contribution >= 0.6 is 0 Å². The minimum atomic E-state index is -4.64. The Morgan fingerprint density at radius 1 is 1.09 bits per heavy atom.